The fourth-order valence-electron chi connectivity index (χ4n) is 7.20. The van der Waals surface area contributed by atoms with E-state index >= 15 is 0 Å². The molecule has 1 aliphatic heterocycles. The van der Waals surface area contributed by atoms with Crippen molar-refractivity contribution in [3.8, 4) is 11.5 Å². The van der Waals surface area contributed by atoms with Crippen LogP contribution in [0.15, 0.2) is 60.7 Å². The Morgan fingerprint density at radius 3 is 1.70 bits per heavy atom. The molecule has 2 aromatic carbocycles. The molecule has 354 valence electrons. The van der Waals surface area contributed by atoms with Crippen LogP contribution in [0.3, 0.4) is 0 Å². The molecule has 0 radical (unpaired) electrons. The summed E-state index contributed by atoms with van der Waals surface area (Å²) in [5.41, 5.74) is 16.7. The number of rotatable bonds is 18. The lowest BCUT2D eigenvalue weighted by atomic mass is 10.1. The van der Waals surface area contributed by atoms with Crippen molar-refractivity contribution in [1.82, 2.24) is 48.9 Å². The number of nitrogens with zero attached hydrogens (tertiary/aromatic N) is 9. The van der Waals surface area contributed by atoms with Crippen molar-refractivity contribution in [1.29, 1.82) is 0 Å². The van der Waals surface area contributed by atoms with E-state index in [-0.39, 0.29) is 0 Å². The number of aldehydes is 3. The summed E-state index contributed by atoms with van der Waals surface area (Å²) in [5, 5.41) is 17.8. The zero-order chi connectivity index (χ0) is 48.2. The van der Waals surface area contributed by atoms with Gasteiger partial charge in [-0.25, -0.2) is 9.97 Å². The molecule has 6 aromatic rings. The number of imidazole rings is 2. The number of hydrogen-bond donors (Lipinski definition) is 5. The van der Waals surface area contributed by atoms with Crippen molar-refractivity contribution in [3.05, 3.63) is 94.6 Å². The third-order valence-corrected chi connectivity index (χ3v) is 10.2. The maximum absolute atomic E-state index is 11.8. The minimum absolute atomic E-state index is 0.328. The second-order valence-corrected chi connectivity index (χ2v) is 14.6. The van der Waals surface area contributed by atoms with E-state index in [1.807, 2.05) is 62.1 Å². The van der Waals surface area contributed by atoms with Crippen LogP contribution in [0.4, 0.5) is 11.9 Å². The molecule has 7 rings (SSSR count). The number of piperazine rings is 1. The van der Waals surface area contributed by atoms with E-state index in [0.29, 0.717) is 76.6 Å². The number of benzene rings is 2. The van der Waals surface area contributed by atoms with Crippen LogP contribution >= 0.6 is 0 Å². The first kappa shape index (κ1) is 51.5. The van der Waals surface area contributed by atoms with Gasteiger partial charge in [-0.3, -0.25) is 33.4 Å². The van der Waals surface area contributed by atoms with E-state index in [9.17, 15) is 19.2 Å². The molecule has 4 aromatic heterocycles. The van der Waals surface area contributed by atoms with Gasteiger partial charge in [0.1, 0.15) is 46.8 Å². The monoisotopic (exact) mass is 909 g/mol. The summed E-state index contributed by atoms with van der Waals surface area (Å²) in [7, 11) is 6.65. The van der Waals surface area contributed by atoms with Crippen molar-refractivity contribution in [3.63, 3.8) is 0 Å². The second kappa shape index (κ2) is 26.0. The van der Waals surface area contributed by atoms with Crippen LogP contribution in [-0.2, 0) is 26.2 Å². The summed E-state index contributed by atoms with van der Waals surface area (Å²) >= 11 is 0. The van der Waals surface area contributed by atoms with Crippen molar-refractivity contribution < 1.29 is 28.7 Å². The lowest BCUT2D eigenvalue weighted by Gasteiger charge is -2.25. The molecule has 5 heterocycles. The quantitative estimate of drug-likeness (QED) is 0.0602. The number of methoxy groups -OCH3 is 1. The van der Waals surface area contributed by atoms with Gasteiger partial charge in [0.15, 0.2) is 12.6 Å². The number of nitrogens with two attached hydrogens (primary N) is 2. The lowest BCUT2D eigenvalue weighted by molar-refractivity contribution is 0.0998. The number of amides is 1. The minimum atomic E-state index is -0.548. The van der Waals surface area contributed by atoms with Crippen LogP contribution in [0.1, 0.15) is 66.9 Å². The summed E-state index contributed by atoms with van der Waals surface area (Å²) in [5.74, 6) is 1.82. The van der Waals surface area contributed by atoms with Gasteiger partial charge in [0, 0.05) is 84.1 Å². The highest BCUT2D eigenvalue weighted by molar-refractivity contribution is 5.99. The van der Waals surface area contributed by atoms with E-state index in [1.165, 1.54) is 7.05 Å². The Morgan fingerprint density at radius 2 is 1.24 bits per heavy atom. The summed E-state index contributed by atoms with van der Waals surface area (Å²) in [6.45, 7) is 15.5. The summed E-state index contributed by atoms with van der Waals surface area (Å²) in [6.07, 6.45) is 10.6. The Morgan fingerprint density at radius 1 is 0.727 bits per heavy atom. The molecule has 0 spiro atoms. The van der Waals surface area contributed by atoms with E-state index in [1.54, 1.807) is 59.9 Å². The Hall–Kier alpha value is -7.16. The first-order valence-electron chi connectivity index (χ1n) is 21.7. The largest absolute Gasteiger partial charge is 0.494 e. The Labute approximate surface area is 385 Å². The number of carbonyl (C=O) groups excluding carboxylic acids is 4. The third kappa shape index (κ3) is 13.2. The van der Waals surface area contributed by atoms with Crippen LogP contribution in [0.5, 0.6) is 11.5 Å². The molecule has 0 bridgehead atoms. The zero-order valence-electron chi connectivity index (χ0n) is 39.2. The lowest BCUT2D eigenvalue weighted by Crippen LogP contribution is -2.43. The molecule has 1 amide bonds. The number of aryl methyl sites for hydroxylation is 4. The molecule has 0 atom stereocenters. The van der Waals surface area contributed by atoms with Crippen molar-refractivity contribution in [2.24, 2.45) is 11.5 Å². The molecule has 20 nitrogen and oxygen atoms in total. The van der Waals surface area contributed by atoms with E-state index < -0.39 is 5.91 Å². The fourth-order valence-corrected chi connectivity index (χ4v) is 7.20. The number of nitrogens with one attached hydrogen (secondary N) is 3. The van der Waals surface area contributed by atoms with Gasteiger partial charge in [0.2, 0.25) is 17.8 Å². The summed E-state index contributed by atoms with van der Waals surface area (Å²) < 4.78 is 19.1. The molecule has 0 aliphatic carbocycles. The highest BCUT2D eigenvalue weighted by Crippen LogP contribution is 2.32. The number of allylic oxidation sites excluding steroid dienone is 2. The van der Waals surface area contributed by atoms with Gasteiger partial charge in [0.05, 0.1) is 29.5 Å². The molecule has 1 fully saturated rings. The van der Waals surface area contributed by atoms with Crippen LogP contribution in [-0.4, -0.2) is 136 Å². The standard InChI is InChI=1S/C31H39N9O4.2C7H10N2O.CH5N/c1-33-30-36-23-16-21(20-41)17-26(44-15-7-6-10-38-13-8-35-9-14-38)28(23)40(30)12-5-4-11-39-27-24(37-31(39)34-2)18-22(29(32)42)19-25(27)43-3;2*1-3-9-7(5-10)4-6(2)8-9;1-2/h4-7,16-20,35H,8-15H2,1-3H3,(H2,32,42)(H,33,36)(H,34,37);2*4-5H,3H2,1-2H3;2H2,1H3/b5-4+,7-6+;;;. The fraction of sp³-hybridized carbons (Fsp3) is 0.391. The van der Waals surface area contributed by atoms with Gasteiger partial charge in [0.25, 0.3) is 0 Å². The normalized spacial score (nSPS) is 12.5. The van der Waals surface area contributed by atoms with Gasteiger partial charge in [-0.15, -0.1) is 0 Å². The van der Waals surface area contributed by atoms with Crippen molar-refractivity contribution in [2.75, 3.05) is 78.2 Å². The highest BCUT2D eigenvalue weighted by atomic mass is 16.5. The molecule has 1 aliphatic rings. The van der Waals surface area contributed by atoms with Crippen LogP contribution in [0, 0.1) is 13.8 Å². The predicted molar refractivity (Wildman–Crippen MR) is 258 cm³/mol. The van der Waals surface area contributed by atoms with Gasteiger partial charge < -0.3 is 46.0 Å². The first-order chi connectivity index (χ1) is 32.0. The summed E-state index contributed by atoms with van der Waals surface area (Å²) in [6, 6.07) is 10.4. The topological polar surface area (TPSA) is 249 Å². The average molecular weight is 909 g/mol. The SMILES string of the molecule is CCn1nc(C)cc1C=O.CCn1nc(C)cc1C=O.CN.CNc1nc2cc(C(N)=O)cc(OC)c2n1C/C=C/Cn1c(NC)nc2cc(C=O)cc(OC/C=C/CN3CCNCC3)c21. The number of primary amides is 1. The number of ether oxygens (including phenoxy) is 2. The number of anilines is 2. The van der Waals surface area contributed by atoms with Crippen LogP contribution < -0.4 is 36.9 Å². The Kier molecular flexibility index (Phi) is 20.2. The van der Waals surface area contributed by atoms with Crippen molar-refractivity contribution >= 4 is 58.7 Å². The molecular weight excluding hydrogens is 845 g/mol. The number of aromatic nitrogens is 8. The third-order valence-electron chi connectivity index (χ3n) is 10.2. The number of hydrogen-bond acceptors (Lipinski definition) is 15. The molecule has 7 N–H and O–H groups in total. The Bertz CT molecular complexity index is 2540. The van der Waals surface area contributed by atoms with Gasteiger partial charge >= 0.3 is 0 Å². The number of fused-ring (bicyclic) bond motifs is 2. The molecule has 0 unspecified atom stereocenters. The smallest absolute Gasteiger partial charge is 0.248 e. The van der Waals surface area contributed by atoms with Crippen LogP contribution in [0.2, 0.25) is 0 Å². The van der Waals surface area contributed by atoms with E-state index in [4.69, 9.17) is 20.2 Å². The first-order valence-corrected chi connectivity index (χ1v) is 21.7. The van der Waals surface area contributed by atoms with E-state index in [2.05, 4.69) is 47.8 Å². The molecular formula is C46H64N14O6. The maximum atomic E-state index is 11.8. The van der Waals surface area contributed by atoms with Crippen molar-refractivity contribution in [2.45, 2.75) is 53.9 Å². The predicted octanol–water partition coefficient (Wildman–Crippen LogP) is 4.11. The van der Waals surface area contributed by atoms with Gasteiger partial charge in [-0.2, -0.15) is 10.2 Å². The number of carbonyl (C=O) groups is 4. The maximum Gasteiger partial charge on any atom is 0.248 e. The molecule has 1 saturated heterocycles. The second-order valence-electron chi connectivity index (χ2n) is 14.6. The molecule has 0 saturated carbocycles. The minimum Gasteiger partial charge on any atom is -0.494 e. The molecule has 66 heavy (non-hydrogen) atoms. The summed E-state index contributed by atoms with van der Waals surface area (Å²) in [4.78, 5) is 55.9. The van der Waals surface area contributed by atoms with Gasteiger partial charge in [-0.1, -0.05) is 24.3 Å². The average Bonchev–Trinajstić information content (AvgIpc) is 4.12. The molecule has 20 heteroatoms. The highest BCUT2D eigenvalue weighted by Gasteiger charge is 2.18. The van der Waals surface area contributed by atoms with Crippen LogP contribution in [0.25, 0.3) is 22.1 Å². The Balaban J connectivity index is 0.000000353. The van der Waals surface area contributed by atoms with E-state index in [0.717, 1.165) is 87.1 Å². The zero-order valence-corrected chi connectivity index (χ0v) is 39.2. The van der Waals surface area contributed by atoms with Gasteiger partial charge in [-0.05, 0) is 71.1 Å².